The van der Waals surface area contributed by atoms with Gasteiger partial charge in [0.05, 0.1) is 14.2 Å². The van der Waals surface area contributed by atoms with Crippen molar-refractivity contribution in [3.63, 3.8) is 0 Å². The zero-order chi connectivity index (χ0) is 16.9. The first kappa shape index (κ1) is 17.1. The fourth-order valence-electron chi connectivity index (χ4n) is 3.77. The van der Waals surface area contributed by atoms with Crippen molar-refractivity contribution in [2.75, 3.05) is 40.4 Å². The molecule has 5 nitrogen and oxygen atoms in total. The number of nitrogens with zero attached hydrogens (tertiary/aromatic N) is 2. The molecule has 2 heterocycles. The summed E-state index contributed by atoms with van der Waals surface area (Å²) in [6.07, 6.45) is 4.29. The van der Waals surface area contributed by atoms with Crippen LogP contribution in [0.4, 0.5) is 0 Å². The number of methoxy groups -OCH3 is 2. The maximum Gasteiger partial charge on any atom is 0.225 e. The van der Waals surface area contributed by atoms with Gasteiger partial charge in [-0.1, -0.05) is 6.07 Å². The van der Waals surface area contributed by atoms with Crippen molar-refractivity contribution in [2.45, 2.75) is 32.2 Å². The van der Waals surface area contributed by atoms with Crippen LogP contribution in [0.25, 0.3) is 0 Å². The molecule has 0 spiro atoms. The molecule has 0 aromatic heterocycles. The summed E-state index contributed by atoms with van der Waals surface area (Å²) in [5.74, 6) is 2.15. The van der Waals surface area contributed by atoms with Gasteiger partial charge in [-0.25, -0.2) is 0 Å². The molecule has 2 fully saturated rings. The molecule has 0 aliphatic carbocycles. The molecule has 5 heteroatoms. The Labute approximate surface area is 144 Å². The molecule has 2 aliphatic heterocycles. The first-order valence-corrected chi connectivity index (χ1v) is 8.93. The van der Waals surface area contributed by atoms with E-state index in [2.05, 4.69) is 15.9 Å². The minimum absolute atomic E-state index is 0.227. The second-order valence-electron chi connectivity index (χ2n) is 6.77. The number of likely N-dealkylation sites (tertiary alicyclic amines) is 2. The van der Waals surface area contributed by atoms with Gasteiger partial charge >= 0.3 is 0 Å². The topological polar surface area (TPSA) is 42.0 Å². The highest BCUT2D eigenvalue weighted by molar-refractivity contribution is 5.79. The Balaban J connectivity index is 1.52. The monoisotopic (exact) mass is 332 g/mol. The van der Waals surface area contributed by atoms with Crippen molar-refractivity contribution in [2.24, 2.45) is 5.92 Å². The van der Waals surface area contributed by atoms with E-state index in [1.54, 1.807) is 14.2 Å². The Morgan fingerprint density at radius 2 is 1.71 bits per heavy atom. The Hall–Kier alpha value is -1.75. The molecule has 0 N–H and O–H groups in total. The van der Waals surface area contributed by atoms with E-state index < -0.39 is 0 Å². The van der Waals surface area contributed by atoms with Gasteiger partial charge in [0.1, 0.15) is 0 Å². The quantitative estimate of drug-likeness (QED) is 0.831. The molecule has 24 heavy (non-hydrogen) atoms. The van der Waals surface area contributed by atoms with Crippen molar-refractivity contribution in [1.82, 2.24) is 9.80 Å². The van der Waals surface area contributed by atoms with Gasteiger partial charge in [-0.05, 0) is 56.5 Å². The Morgan fingerprint density at radius 3 is 2.33 bits per heavy atom. The summed E-state index contributed by atoms with van der Waals surface area (Å²) >= 11 is 0. The molecule has 3 rings (SSSR count). The van der Waals surface area contributed by atoms with Crippen LogP contribution in [0.2, 0.25) is 0 Å². The van der Waals surface area contributed by atoms with E-state index in [1.165, 1.54) is 18.4 Å². The predicted octanol–water partition coefficient (Wildman–Crippen LogP) is 2.54. The molecular weight excluding hydrogens is 304 g/mol. The van der Waals surface area contributed by atoms with Crippen LogP contribution in [-0.2, 0) is 11.3 Å². The summed E-state index contributed by atoms with van der Waals surface area (Å²) in [7, 11) is 3.32. The SMILES string of the molecule is COc1ccc(CN2CCC(C(=O)N3CCCC3)CC2)cc1OC. The van der Waals surface area contributed by atoms with E-state index in [-0.39, 0.29) is 5.92 Å². The van der Waals surface area contributed by atoms with Crippen LogP contribution in [0.5, 0.6) is 11.5 Å². The lowest BCUT2D eigenvalue weighted by molar-refractivity contribution is -0.136. The van der Waals surface area contributed by atoms with Crippen LogP contribution in [0, 0.1) is 5.92 Å². The largest absolute Gasteiger partial charge is 0.493 e. The number of hydrogen-bond donors (Lipinski definition) is 0. The van der Waals surface area contributed by atoms with Gasteiger partial charge in [-0.3, -0.25) is 9.69 Å². The van der Waals surface area contributed by atoms with E-state index in [9.17, 15) is 4.79 Å². The summed E-state index contributed by atoms with van der Waals surface area (Å²) in [5.41, 5.74) is 1.22. The van der Waals surface area contributed by atoms with Gasteiger partial charge in [0.15, 0.2) is 11.5 Å². The fraction of sp³-hybridized carbons (Fsp3) is 0.632. The maximum atomic E-state index is 12.5. The zero-order valence-corrected chi connectivity index (χ0v) is 14.8. The maximum absolute atomic E-state index is 12.5. The minimum Gasteiger partial charge on any atom is -0.493 e. The molecule has 2 aliphatic rings. The molecule has 0 saturated carbocycles. The molecular formula is C19H28N2O3. The number of piperidine rings is 1. The molecule has 1 amide bonds. The third kappa shape index (κ3) is 3.83. The lowest BCUT2D eigenvalue weighted by Crippen LogP contribution is -2.41. The van der Waals surface area contributed by atoms with Crippen LogP contribution >= 0.6 is 0 Å². The van der Waals surface area contributed by atoms with Crippen molar-refractivity contribution in [1.29, 1.82) is 0 Å². The molecule has 132 valence electrons. The number of benzene rings is 1. The summed E-state index contributed by atoms with van der Waals surface area (Å²) in [5, 5.41) is 0. The number of amides is 1. The third-order valence-corrected chi connectivity index (χ3v) is 5.21. The summed E-state index contributed by atoms with van der Waals surface area (Å²) < 4.78 is 10.7. The van der Waals surface area contributed by atoms with Crippen LogP contribution in [-0.4, -0.2) is 56.1 Å². The van der Waals surface area contributed by atoms with Gasteiger partial charge in [0, 0.05) is 25.6 Å². The lowest BCUT2D eigenvalue weighted by Gasteiger charge is -2.33. The first-order valence-electron chi connectivity index (χ1n) is 8.93. The molecule has 0 radical (unpaired) electrons. The molecule has 0 unspecified atom stereocenters. The number of ether oxygens (including phenoxy) is 2. The fourth-order valence-corrected chi connectivity index (χ4v) is 3.77. The normalized spacial score (nSPS) is 19.5. The van der Waals surface area contributed by atoms with Crippen LogP contribution < -0.4 is 9.47 Å². The molecule has 0 bridgehead atoms. The Kier molecular flexibility index (Phi) is 5.61. The second kappa shape index (κ2) is 7.88. The van der Waals surface area contributed by atoms with E-state index in [0.29, 0.717) is 5.91 Å². The number of carbonyl (C=O) groups is 1. The summed E-state index contributed by atoms with van der Waals surface area (Å²) in [6, 6.07) is 6.08. The van der Waals surface area contributed by atoms with E-state index >= 15 is 0 Å². The lowest BCUT2D eigenvalue weighted by atomic mass is 9.95. The van der Waals surface area contributed by atoms with Crippen LogP contribution in [0.3, 0.4) is 0 Å². The molecule has 1 aromatic rings. The Morgan fingerprint density at radius 1 is 1.04 bits per heavy atom. The molecule has 0 atom stereocenters. The summed E-state index contributed by atoms with van der Waals surface area (Å²) in [4.78, 5) is 17.0. The highest BCUT2D eigenvalue weighted by Gasteiger charge is 2.29. The number of rotatable bonds is 5. The smallest absolute Gasteiger partial charge is 0.225 e. The van der Waals surface area contributed by atoms with Gasteiger partial charge in [-0.15, -0.1) is 0 Å². The van der Waals surface area contributed by atoms with Crippen molar-refractivity contribution >= 4 is 5.91 Å². The molecule has 1 aromatic carbocycles. The minimum atomic E-state index is 0.227. The molecule has 2 saturated heterocycles. The van der Waals surface area contributed by atoms with E-state index in [1.807, 2.05) is 12.1 Å². The van der Waals surface area contributed by atoms with Crippen molar-refractivity contribution in [3.05, 3.63) is 23.8 Å². The zero-order valence-electron chi connectivity index (χ0n) is 14.8. The van der Waals surface area contributed by atoms with E-state index in [0.717, 1.165) is 57.1 Å². The Bertz CT molecular complexity index is 562. The van der Waals surface area contributed by atoms with E-state index in [4.69, 9.17) is 9.47 Å². The van der Waals surface area contributed by atoms with Gasteiger partial charge in [0.25, 0.3) is 0 Å². The first-order chi connectivity index (χ1) is 11.7. The predicted molar refractivity (Wildman–Crippen MR) is 93.4 cm³/mol. The number of carbonyl (C=O) groups excluding carboxylic acids is 1. The van der Waals surface area contributed by atoms with Crippen LogP contribution in [0.1, 0.15) is 31.2 Å². The van der Waals surface area contributed by atoms with Gasteiger partial charge in [-0.2, -0.15) is 0 Å². The van der Waals surface area contributed by atoms with Crippen molar-refractivity contribution < 1.29 is 14.3 Å². The third-order valence-electron chi connectivity index (χ3n) is 5.21. The average Bonchev–Trinajstić information content (AvgIpc) is 3.16. The highest BCUT2D eigenvalue weighted by Crippen LogP contribution is 2.29. The standard InChI is InChI=1S/C19H28N2O3/c1-23-17-6-5-15(13-18(17)24-2)14-20-11-7-16(8-12-20)19(22)21-9-3-4-10-21/h5-6,13,16H,3-4,7-12,14H2,1-2H3. The number of hydrogen-bond acceptors (Lipinski definition) is 4. The average molecular weight is 332 g/mol. The van der Waals surface area contributed by atoms with Gasteiger partial charge in [0.2, 0.25) is 5.91 Å². The van der Waals surface area contributed by atoms with Gasteiger partial charge < -0.3 is 14.4 Å². The van der Waals surface area contributed by atoms with Crippen molar-refractivity contribution in [3.8, 4) is 11.5 Å². The second-order valence-corrected chi connectivity index (χ2v) is 6.77. The highest BCUT2D eigenvalue weighted by atomic mass is 16.5. The van der Waals surface area contributed by atoms with Crippen LogP contribution in [0.15, 0.2) is 18.2 Å². The summed E-state index contributed by atoms with van der Waals surface area (Å²) in [6.45, 7) is 4.79.